The molecular weight excluding hydrogens is 446 g/mol. The van der Waals surface area contributed by atoms with Crippen LogP contribution in [0, 0.1) is 0 Å². The van der Waals surface area contributed by atoms with Crippen LogP contribution in [0.1, 0.15) is 20.8 Å². The standard InChI is InChI=1S/C23H27N3O4S2/c1-4-25(5-2)32(29,30)18-13-11-17(12-14-18)24-22(27)16-31-21-15-23(28)26(6-3)20-10-8-7-9-19(20)21/h7-15H,4-6,16H2,1-3H3,(H,24,27). The number of para-hydroxylation sites is 1. The molecule has 0 fully saturated rings. The normalized spacial score (nSPS) is 11.8. The summed E-state index contributed by atoms with van der Waals surface area (Å²) >= 11 is 1.30. The first-order valence-corrected chi connectivity index (χ1v) is 12.9. The molecule has 0 atom stereocenters. The summed E-state index contributed by atoms with van der Waals surface area (Å²) in [4.78, 5) is 25.8. The highest BCUT2D eigenvalue weighted by Crippen LogP contribution is 2.26. The van der Waals surface area contributed by atoms with Crippen LogP contribution >= 0.6 is 11.8 Å². The molecule has 32 heavy (non-hydrogen) atoms. The van der Waals surface area contributed by atoms with E-state index in [1.165, 1.54) is 28.2 Å². The molecule has 0 aliphatic heterocycles. The van der Waals surface area contributed by atoms with Crippen LogP contribution in [-0.4, -0.2) is 42.0 Å². The minimum absolute atomic E-state index is 0.0980. The van der Waals surface area contributed by atoms with Gasteiger partial charge < -0.3 is 9.88 Å². The molecule has 1 aromatic heterocycles. The molecule has 0 saturated carbocycles. The highest BCUT2D eigenvalue weighted by Gasteiger charge is 2.21. The van der Waals surface area contributed by atoms with Crippen molar-refractivity contribution in [1.29, 1.82) is 0 Å². The van der Waals surface area contributed by atoms with Crippen LogP contribution in [0.15, 0.2) is 69.2 Å². The van der Waals surface area contributed by atoms with Gasteiger partial charge in [0.15, 0.2) is 0 Å². The lowest BCUT2D eigenvalue weighted by Gasteiger charge is -2.18. The van der Waals surface area contributed by atoms with E-state index in [0.29, 0.717) is 25.3 Å². The largest absolute Gasteiger partial charge is 0.325 e. The first kappa shape index (κ1) is 24.0. The molecule has 9 heteroatoms. The van der Waals surface area contributed by atoms with Crippen molar-refractivity contribution in [3.05, 3.63) is 65.0 Å². The van der Waals surface area contributed by atoms with Crippen LogP contribution < -0.4 is 10.9 Å². The third-order valence-corrected chi connectivity index (χ3v) is 8.26. The maximum atomic E-state index is 12.6. The lowest BCUT2D eigenvalue weighted by atomic mass is 10.2. The van der Waals surface area contributed by atoms with Gasteiger partial charge in [0.25, 0.3) is 5.56 Å². The SMILES string of the molecule is CCN(CC)S(=O)(=O)c1ccc(NC(=O)CSc2cc(=O)n(CC)c3ccccc23)cc1. The Balaban J connectivity index is 1.71. The van der Waals surface area contributed by atoms with E-state index < -0.39 is 10.0 Å². The Labute approximate surface area is 192 Å². The minimum Gasteiger partial charge on any atom is -0.325 e. The summed E-state index contributed by atoms with van der Waals surface area (Å²) in [5, 5.41) is 3.71. The quantitative estimate of drug-likeness (QED) is 0.478. The number of pyridine rings is 1. The van der Waals surface area contributed by atoms with Crippen LogP contribution in [0.2, 0.25) is 0 Å². The van der Waals surface area contributed by atoms with Crippen molar-refractivity contribution in [3.63, 3.8) is 0 Å². The van der Waals surface area contributed by atoms with Crippen molar-refractivity contribution in [3.8, 4) is 0 Å². The van der Waals surface area contributed by atoms with E-state index in [1.807, 2.05) is 31.2 Å². The third kappa shape index (κ3) is 5.06. The number of amides is 1. The zero-order chi connectivity index (χ0) is 23.3. The Morgan fingerprint density at radius 1 is 1.03 bits per heavy atom. The number of aromatic nitrogens is 1. The topological polar surface area (TPSA) is 88.5 Å². The Morgan fingerprint density at radius 2 is 1.69 bits per heavy atom. The van der Waals surface area contributed by atoms with Gasteiger partial charge in [-0.1, -0.05) is 32.0 Å². The predicted octanol–water partition coefficient (Wildman–Crippen LogP) is 3.78. The number of thioether (sulfide) groups is 1. The van der Waals surface area contributed by atoms with E-state index in [2.05, 4.69) is 5.32 Å². The summed E-state index contributed by atoms with van der Waals surface area (Å²) in [6.07, 6.45) is 0. The van der Waals surface area contributed by atoms with Gasteiger partial charge >= 0.3 is 0 Å². The summed E-state index contributed by atoms with van der Waals surface area (Å²) in [5.74, 6) is -0.114. The molecule has 170 valence electrons. The zero-order valence-corrected chi connectivity index (χ0v) is 20.0. The molecule has 0 aliphatic rings. The average Bonchev–Trinajstić information content (AvgIpc) is 2.78. The second-order valence-corrected chi connectivity index (χ2v) is 10.0. The van der Waals surface area contributed by atoms with E-state index in [1.54, 1.807) is 36.6 Å². The number of anilines is 1. The van der Waals surface area contributed by atoms with Gasteiger partial charge in [-0.15, -0.1) is 11.8 Å². The first-order chi connectivity index (χ1) is 15.3. The number of fused-ring (bicyclic) bond motifs is 1. The molecular formula is C23H27N3O4S2. The zero-order valence-electron chi connectivity index (χ0n) is 18.4. The summed E-state index contributed by atoms with van der Waals surface area (Å²) in [6, 6.07) is 15.4. The van der Waals surface area contributed by atoms with Crippen LogP contribution in [0.4, 0.5) is 5.69 Å². The predicted molar refractivity (Wildman–Crippen MR) is 130 cm³/mol. The second-order valence-electron chi connectivity index (χ2n) is 7.06. The Hall–Kier alpha value is -2.62. The fraction of sp³-hybridized carbons (Fsp3) is 0.304. The number of sulfonamides is 1. The lowest BCUT2D eigenvalue weighted by molar-refractivity contribution is -0.113. The highest BCUT2D eigenvalue weighted by molar-refractivity contribution is 8.00. The molecule has 3 rings (SSSR count). The van der Waals surface area contributed by atoms with Crippen molar-refractivity contribution in [2.75, 3.05) is 24.2 Å². The Kier molecular flexibility index (Phi) is 7.76. The molecule has 0 aliphatic carbocycles. The monoisotopic (exact) mass is 473 g/mol. The number of benzene rings is 2. The van der Waals surface area contributed by atoms with Crippen LogP contribution in [-0.2, 0) is 21.4 Å². The van der Waals surface area contributed by atoms with Gasteiger partial charge in [-0.2, -0.15) is 4.31 Å². The van der Waals surface area contributed by atoms with Crippen molar-refractivity contribution < 1.29 is 13.2 Å². The van der Waals surface area contributed by atoms with Crippen molar-refractivity contribution in [2.24, 2.45) is 0 Å². The van der Waals surface area contributed by atoms with E-state index >= 15 is 0 Å². The molecule has 0 spiro atoms. The summed E-state index contributed by atoms with van der Waals surface area (Å²) in [6.45, 7) is 6.87. The maximum Gasteiger partial charge on any atom is 0.252 e. The molecule has 7 nitrogen and oxygen atoms in total. The van der Waals surface area contributed by atoms with Gasteiger partial charge in [0, 0.05) is 41.7 Å². The van der Waals surface area contributed by atoms with Gasteiger partial charge in [0.2, 0.25) is 15.9 Å². The number of rotatable bonds is 9. The number of nitrogens with zero attached hydrogens (tertiary/aromatic N) is 2. The molecule has 2 aromatic carbocycles. The molecule has 1 heterocycles. The Bertz CT molecular complexity index is 1260. The van der Waals surface area contributed by atoms with Crippen molar-refractivity contribution in [1.82, 2.24) is 8.87 Å². The number of nitrogens with one attached hydrogen (secondary N) is 1. The van der Waals surface area contributed by atoms with Gasteiger partial charge in [-0.25, -0.2) is 8.42 Å². The molecule has 0 bridgehead atoms. The average molecular weight is 474 g/mol. The number of carbonyl (C=O) groups excluding carboxylic acids is 1. The van der Waals surface area contributed by atoms with Gasteiger partial charge in [-0.3, -0.25) is 9.59 Å². The molecule has 1 N–H and O–H groups in total. The van der Waals surface area contributed by atoms with Gasteiger partial charge in [0.05, 0.1) is 16.2 Å². The Morgan fingerprint density at radius 3 is 2.31 bits per heavy atom. The van der Waals surface area contributed by atoms with E-state index in [-0.39, 0.29) is 22.1 Å². The fourth-order valence-electron chi connectivity index (χ4n) is 3.51. The number of carbonyl (C=O) groups is 1. The van der Waals surface area contributed by atoms with E-state index in [9.17, 15) is 18.0 Å². The second kappa shape index (κ2) is 10.3. The molecule has 0 radical (unpaired) electrons. The molecule has 0 unspecified atom stereocenters. The number of hydrogen-bond donors (Lipinski definition) is 1. The first-order valence-electron chi connectivity index (χ1n) is 10.5. The summed E-state index contributed by atoms with van der Waals surface area (Å²) in [7, 11) is -3.54. The highest BCUT2D eigenvalue weighted by atomic mass is 32.2. The fourth-order valence-corrected chi connectivity index (χ4v) is 5.84. The lowest BCUT2D eigenvalue weighted by Crippen LogP contribution is -2.30. The summed E-state index contributed by atoms with van der Waals surface area (Å²) < 4.78 is 28.2. The van der Waals surface area contributed by atoms with Crippen LogP contribution in [0.3, 0.4) is 0 Å². The molecule has 3 aromatic rings. The third-order valence-electron chi connectivity index (χ3n) is 5.14. The van der Waals surface area contributed by atoms with E-state index in [0.717, 1.165) is 15.8 Å². The maximum absolute atomic E-state index is 12.6. The minimum atomic E-state index is -3.54. The summed E-state index contributed by atoms with van der Waals surface area (Å²) in [5.41, 5.74) is 1.26. The van der Waals surface area contributed by atoms with Crippen LogP contribution in [0.5, 0.6) is 0 Å². The smallest absolute Gasteiger partial charge is 0.252 e. The van der Waals surface area contributed by atoms with Gasteiger partial charge in [0.1, 0.15) is 0 Å². The number of aryl methyl sites for hydroxylation is 1. The van der Waals surface area contributed by atoms with Crippen LogP contribution in [0.25, 0.3) is 10.9 Å². The van der Waals surface area contributed by atoms with Gasteiger partial charge in [-0.05, 0) is 37.3 Å². The van der Waals surface area contributed by atoms with Crippen molar-refractivity contribution in [2.45, 2.75) is 37.1 Å². The van der Waals surface area contributed by atoms with Crippen molar-refractivity contribution >= 4 is 44.3 Å². The van der Waals surface area contributed by atoms with E-state index in [4.69, 9.17) is 0 Å². The number of hydrogen-bond acceptors (Lipinski definition) is 5. The molecule has 1 amide bonds. The molecule has 0 saturated heterocycles.